The molecule has 0 saturated carbocycles. The summed E-state index contributed by atoms with van der Waals surface area (Å²) in [6.07, 6.45) is -5.84. The van der Waals surface area contributed by atoms with Gasteiger partial charge in [0.05, 0.1) is 11.1 Å². The third kappa shape index (κ3) is 12.6. The summed E-state index contributed by atoms with van der Waals surface area (Å²) >= 11 is 0. The summed E-state index contributed by atoms with van der Waals surface area (Å²) in [4.78, 5) is 0. The zero-order chi connectivity index (χ0) is 35.9. The zero-order valence-corrected chi connectivity index (χ0v) is 33.6. The summed E-state index contributed by atoms with van der Waals surface area (Å²) in [6, 6.07) is 31.3. The standard InChI is InChI=1S/2C20H18F3.C3H6.2ClH.Zr/c2*1-13(2)10-14-11-16-4-3-5-18(19(16)12-14)15-6-8-17(9-7-15)20(21,22)23;1-3-2;;;/h2*3-9,11-13H,10H2,1-2H3;1-3H2;2*1H;/q2*-1;-2;;;+2/p-2. The maximum absolute atomic E-state index is 12.7. The predicted octanol–water partition coefficient (Wildman–Crippen LogP) is 7.94. The van der Waals surface area contributed by atoms with Crippen LogP contribution in [0.1, 0.15) is 56.4 Å². The SMILES string of the molecule is CC(C)Cc1cc2c(-c3ccc(C(F)(F)F)cc3)cccc2[cH-]1.CC(C)Cc1cc2c(-c3ccc(C(F)(F)F)cc3)cccc2[cH-]1.[CH2-]C[CH2-].[Cl-].[Cl-].[Zr+2]. The first-order valence-corrected chi connectivity index (χ1v) is 16.4. The van der Waals surface area contributed by atoms with Crippen LogP contribution in [0.5, 0.6) is 0 Å². The van der Waals surface area contributed by atoms with Crippen molar-refractivity contribution in [2.45, 2.75) is 59.3 Å². The second-order valence-electron chi connectivity index (χ2n) is 13.0. The van der Waals surface area contributed by atoms with Gasteiger partial charge >= 0.3 is 38.6 Å². The summed E-state index contributed by atoms with van der Waals surface area (Å²) in [5.41, 5.74) is 4.89. The number of benzene rings is 4. The quantitative estimate of drug-likeness (QED) is 0.118. The van der Waals surface area contributed by atoms with Gasteiger partial charge in [0, 0.05) is 0 Å². The minimum absolute atomic E-state index is 0. The Hall–Kier alpha value is -2.86. The third-order valence-electron chi connectivity index (χ3n) is 7.96. The molecule has 0 nitrogen and oxygen atoms in total. The molecule has 6 rings (SSSR count). The van der Waals surface area contributed by atoms with Crippen molar-refractivity contribution >= 4 is 21.5 Å². The van der Waals surface area contributed by atoms with Gasteiger partial charge in [0.2, 0.25) is 0 Å². The molecule has 0 fully saturated rings. The molecule has 6 aromatic carbocycles. The van der Waals surface area contributed by atoms with Gasteiger partial charge < -0.3 is 45.1 Å². The number of fused-ring (bicyclic) bond motifs is 2. The first-order chi connectivity index (χ1) is 23.1. The molecular weight excluding hydrogens is 793 g/mol. The van der Waals surface area contributed by atoms with Crippen LogP contribution in [0.15, 0.2) is 109 Å². The Morgan fingerprint density at radius 1 is 0.538 bits per heavy atom. The minimum atomic E-state index is -4.30. The van der Waals surface area contributed by atoms with Crippen molar-refractivity contribution in [2.75, 3.05) is 0 Å². The fourth-order valence-electron chi connectivity index (χ4n) is 5.95. The van der Waals surface area contributed by atoms with Gasteiger partial charge in [-0.2, -0.15) is 38.5 Å². The second-order valence-corrected chi connectivity index (χ2v) is 13.0. The van der Waals surface area contributed by atoms with Crippen LogP contribution >= 0.6 is 0 Å². The molecule has 9 heteroatoms. The van der Waals surface area contributed by atoms with Gasteiger partial charge in [0.25, 0.3) is 0 Å². The van der Waals surface area contributed by atoms with Crippen molar-refractivity contribution in [1.82, 2.24) is 0 Å². The van der Waals surface area contributed by atoms with Gasteiger partial charge in [-0.3, -0.25) is 0 Å². The van der Waals surface area contributed by atoms with E-state index in [0.717, 1.165) is 87.3 Å². The molecule has 6 aromatic rings. The van der Waals surface area contributed by atoms with Crippen LogP contribution in [-0.2, 0) is 51.4 Å². The van der Waals surface area contributed by atoms with E-state index in [9.17, 15) is 26.3 Å². The molecule has 278 valence electrons. The van der Waals surface area contributed by atoms with Crippen LogP contribution in [0.4, 0.5) is 26.3 Å². The van der Waals surface area contributed by atoms with Crippen molar-refractivity contribution in [3.8, 4) is 22.3 Å². The van der Waals surface area contributed by atoms with E-state index >= 15 is 0 Å². The summed E-state index contributed by atoms with van der Waals surface area (Å²) in [5, 5.41) is 4.47. The average molecular weight is 835 g/mol. The number of hydrogen-bond acceptors (Lipinski definition) is 0. The molecule has 0 atom stereocenters. The molecule has 0 radical (unpaired) electrons. The average Bonchev–Trinajstić information content (AvgIpc) is 3.63. The molecule has 0 saturated heterocycles. The normalized spacial score (nSPS) is 11.2. The zero-order valence-electron chi connectivity index (χ0n) is 29.6. The van der Waals surface area contributed by atoms with Crippen molar-refractivity contribution in [2.24, 2.45) is 11.8 Å². The Labute approximate surface area is 335 Å². The van der Waals surface area contributed by atoms with Crippen LogP contribution < -0.4 is 24.8 Å². The van der Waals surface area contributed by atoms with Gasteiger partial charge in [0.1, 0.15) is 0 Å². The van der Waals surface area contributed by atoms with Crippen molar-refractivity contribution < 1.29 is 77.4 Å². The molecule has 0 heterocycles. The largest absolute Gasteiger partial charge is 2.00 e. The van der Waals surface area contributed by atoms with Crippen molar-refractivity contribution in [3.05, 3.63) is 145 Å². The molecule has 0 amide bonds. The van der Waals surface area contributed by atoms with Crippen LogP contribution in [0.3, 0.4) is 0 Å². The maximum atomic E-state index is 12.7. The summed E-state index contributed by atoms with van der Waals surface area (Å²) in [7, 11) is 0. The summed E-state index contributed by atoms with van der Waals surface area (Å²) < 4.78 is 76.2. The molecule has 0 aliphatic carbocycles. The van der Waals surface area contributed by atoms with Crippen LogP contribution in [0, 0.1) is 25.7 Å². The van der Waals surface area contributed by atoms with Gasteiger partial charge in [-0.15, -0.1) is 69.1 Å². The monoisotopic (exact) mass is 832 g/mol. The molecule has 0 spiro atoms. The Balaban J connectivity index is 0.000000459. The Morgan fingerprint density at radius 2 is 0.846 bits per heavy atom. The molecule has 0 aromatic heterocycles. The number of hydrogen-bond donors (Lipinski definition) is 0. The fraction of sp³-hybridized carbons (Fsp3) is 0.256. The molecule has 0 bridgehead atoms. The number of alkyl halides is 6. The Kier molecular flexibility index (Phi) is 18.6. The molecule has 0 unspecified atom stereocenters. The van der Waals surface area contributed by atoms with Gasteiger partial charge in [-0.25, -0.2) is 0 Å². The summed E-state index contributed by atoms with van der Waals surface area (Å²) in [5.74, 6) is 1.14. The van der Waals surface area contributed by atoms with Crippen molar-refractivity contribution in [1.29, 1.82) is 0 Å². The van der Waals surface area contributed by atoms with E-state index in [2.05, 4.69) is 65.8 Å². The third-order valence-corrected chi connectivity index (χ3v) is 7.96. The van der Waals surface area contributed by atoms with Crippen LogP contribution in [-0.4, -0.2) is 0 Å². The maximum Gasteiger partial charge on any atom is 2.00 e. The van der Waals surface area contributed by atoms with Gasteiger partial charge in [-0.1, -0.05) is 75.2 Å². The topological polar surface area (TPSA) is 0 Å². The molecule has 0 N–H and O–H groups in total. The van der Waals surface area contributed by atoms with E-state index in [1.807, 2.05) is 36.4 Å². The number of rotatable bonds is 6. The summed E-state index contributed by atoms with van der Waals surface area (Å²) in [6.45, 7) is 15.5. The van der Waals surface area contributed by atoms with E-state index < -0.39 is 23.5 Å². The Morgan fingerprint density at radius 3 is 1.12 bits per heavy atom. The van der Waals surface area contributed by atoms with E-state index in [1.54, 1.807) is 24.3 Å². The van der Waals surface area contributed by atoms with Crippen LogP contribution in [0.2, 0.25) is 0 Å². The predicted molar refractivity (Wildman–Crippen MR) is 192 cm³/mol. The number of halogens is 8. The van der Waals surface area contributed by atoms with Crippen molar-refractivity contribution in [3.63, 3.8) is 0 Å². The molecule has 0 aliphatic heterocycles. The first-order valence-electron chi connectivity index (χ1n) is 16.4. The molecule has 52 heavy (non-hydrogen) atoms. The molecular formula is C43H42Cl2F6Zr-4. The minimum Gasteiger partial charge on any atom is -1.00 e. The molecule has 0 aliphatic rings. The Bertz CT molecular complexity index is 1790. The van der Waals surface area contributed by atoms with E-state index in [1.165, 1.54) is 11.1 Å². The van der Waals surface area contributed by atoms with E-state index in [-0.39, 0.29) is 51.0 Å². The van der Waals surface area contributed by atoms with Crippen LogP contribution in [0.25, 0.3) is 43.8 Å². The smallest absolute Gasteiger partial charge is 1.00 e. The fourth-order valence-corrected chi connectivity index (χ4v) is 5.95. The first kappa shape index (κ1) is 47.2. The second kappa shape index (κ2) is 20.6. The van der Waals surface area contributed by atoms with Gasteiger partial charge in [0.15, 0.2) is 0 Å². The van der Waals surface area contributed by atoms with Gasteiger partial charge in [-0.05, 0) is 60.1 Å². The van der Waals surface area contributed by atoms with E-state index in [0.29, 0.717) is 11.8 Å². The van der Waals surface area contributed by atoms with E-state index in [4.69, 9.17) is 0 Å².